The van der Waals surface area contributed by atoms with Gasteiger partial charge < -0.3 is 19.7 Å². The van der Waals surface area contributed by atoms with Crippen LogP contribution in [0.1, 0.15) is 41.4 Å². The molecule has 12 nitrogen and oxygen atoms in total. The minimum absolute atomic E-state index is 0.00174. The first-order chi connectivity index (χ1) is 24.3. The first kappa shape index (κ1) is 32.0. The van der Waals surface area contributed by atoms with Gasteiger partial charge in [0.15, 0.2) is 0 Å². The second-order valence-electron chi connectivity index (χ2n) is 11.8. The van der Waals surface area contributed by atoms with E-state index in [2.05, 4.69) is 20.4 Å². The van der Waals surface area contributed by atoms with E-state index in [1.807, 2.05) is 67.6 Å². The van der Waals surface area contributed by atoms with Gasteiger partial charge in [0.1, 0.15) is 44.9 Å². The molecule has 50 heavy (non-hydrogen) atoms. The van der Waals surface area contributed by atoms with Crippen molar-refractivity contribution in [3.8, 4) is 22.9 Å². The molecule has 2 aromatic heterocycles. The minimum atomic E-state index is -1.25. The number of carbonyl (C=O) groups excluding carboxylic acids is 2. The van der Waals surface area contributed by atoms with Gasteiger partial charge in [-0.3, -0.25) is 9.59 Å². The molecular weight excluding hydrogens is 636 g/mol. The summed E-state index contributed by atoms with van der Waals surface area (Å²) in [5, 5.41) is 38.8. The number of rotatable bonds is 11. The zero-order chi connectivity index (χ0) is 34.6. The van der Waals surface area contributed by atoms with Crippen LogP contribution in [0, 0.1) is 6.92 Å². The second-order valence-corrected chi connectivity index (χ2v) is 11.8. The van der Waals surface area contributed by atoms with Crippen molar-refractivity contribution in [1.82, 2.24) is 30.0 Å². The number of benzene rings is 5. The molecule has 0 unspecified atom stereocenters. The molecule has 5 aromatic carbocycles. The molecule has 12 heteroatoms. The monoisotopic (exact) mass is 668 g/mol. The molecule has 0 radical (unpaired) electrons. The van der Waals surface area contributed by atoms with E-state index in [4.69, 9.17) is 9.47 Å². The smallest absolute Gasteiger partial charge is 0.309 e. The summed E-state index contributed by atoms with van der Waals surface area (Å²) < 4.78 is 11.4. The van der Waals surface area contributed by atoms with Crippen LogP contribution in [-0.2, 0) is 31.9 Å². The third-order valence-corrected chi connectivity index (χ3v) is 8.15. The van der Waals surface area contributed by atoms with E-state index >= 15 is 0 Å². The topological polar surface area (TPSA) is 154 Å². The van der Waals surface area contributed by atoms with E-state index in [0.717, 1.165) is 16.7 Å². The van der Waals surface area contributed by atoms with Crippen molar-refractivity contribution in [2.45, 2.75) is 38.9 Å². The highest BCUT2D eigenvalue weighted by molar-refractivity contribution is 5.75. The van der Waals surface area contributed by atoms with Crippen molar-refractivity contribution in [2.24, 2.45) is 0 Å². The number of esters is 2. The van der Waals surface area contributed by atoms with E-state index < -0.39 is 18.2 Å². The predicted octanol–water partition coefficient (Wildman–Crippen LogP) is 6.22. The summed E-state index contributed by atoms with van der Waals surface area (Å²) in [6, 6.07) is 31.9. The number of phenolic OH excluding ortho intramolecular Hbond substituents is 2. The fraction of sp³-hybridized carbons (Fsp3) is 0.158. The molecule has 0 aliphatic carbocycles. The average molecular weight is 669 g/mol. The molecule has 0 saturated heterocycles. The summed E-state index contributed by atoms with van der Waals surface area (Å²) in [6.07, 6.45) is -0.671. The van der Waals surface area contributed by atoms with Gasteiger partial charge in [-0.1, -0.05) is 66.2 Å². The van der Waals surface area contributed by atoms with Crippen molar-refractivity contribution in [3.63, 3.8) is 0 Å². The lowest BCUT2D eigenvalue weighted by molar-refractivity contribution is -0.189. The highest BCUT2D eigenvalue weighted by atomic mass is 16.7. The third-order valence-electron chi connectivity index (χ3n) is 8.15. The number of aromatic hydroxyl groups is 2. The summed E-state index contributed by atoms with van der Waals surface area (Å²) >= 11 is 0. The van der Waals surface area contributed by atoms with Gasteiger partial charge in [0.25, 0.3) is 6.29 Å². The highest BCUT2D eigenvalue weighted by Crippen LogP contribution is 2.27. The molecule has 0 amide bonds. The lowest BCUT2D eigenvalue weighted by Crippen LogP contribution is -2.19. The van der Waals surface area contributed by atoms with Gasteiger partial charge in [-0.05, 0) is 79.4 Å². The van der Waals surface area contributed by atoms with E-state index in [0.29, 0.717) is 51.8 Å². The van der Waals surface area contributed by atoms with Gasteiger partial charge in [-0.15, -0.1) is 30.0 Å². The zero-order valence-corrected chi connectivity index (χ0v) is 27.0. The van der Waals surface area contributed by atoms with Gasteiger partial charge in [0.05, 0.1) is 0 Å². The minimum Gasteiger partial charge on any atom is -0.506 e. The van der Waals surface area contributed by atoms with Crippen LogP contribution in [0.15, 0.2) is 109 Å². The first-order valence-corrected chi connectivity index (χ1v) is 16.0. The van der Waals surface area contributed by atoms with E-state index in [1.165, 1.54) is 21.7 Å². The molecule has 0 fully saturated rings. The van der Waals surface area contributed by atoms with Gasteiger partial charge in [-0.25, -0.2) is 0 Å². The molecule has 0 aliphatic heterocycles. The molecule has 0 spiro atoms. The predicted molar refractivity (Wildman–Crippen MR) is 184 cm³/mol. The summed E-state index contributed by atoms with van der Waals surface area (Å²) in [6.45, 7) is 1.93. The number of aryl methyl sites for hydroxylation is 3. The summed E-state index contributed by atoms with van der Waals surface area (Å²) in [7, 11) is 0. The van der Waals surface area contributed by atoms with E-state index in [9.17, 15) is 19.8 Å². The molecule has 7 rings (SSSR count). The van der Waals surface area contributed by atoms with Crippen LogP contribution >= 0.6 is 0 Å². The molecule has 0 atom stereocenters. The Hall–Kier alpha value is -6.56. The Bertz CT molecular complexity index is 2120. The SMILES string of the molecule is Cc1ccc(C(OC(=O)CCc2ccc(O)c(-n3nc4ccccc4n3)c2)OC(=O)CCc2ccc(O)c(-n3nc4ccccc4n3)c2)cc1. The van der Waals surface area contributed by atoms with Gasteiger partial charge in [-0.2, -0.15) is 0 Å². The van der Waals surface area contributed by atoms with E-state index in [-0.39, 0.29) is 24.3 Å². The first-order valence-electron chi connectivity index (χ1n) is 16.0. The number of carbonyl (C=O) groups is 2. The Morgan fingerprint density at radius 1 is 0.600 bits per heavy atom. The van der Waals surface area contributed by atoms with Crippen LogP contribution in [0.25, 0.3) is 33.4 Å². The standard InChI is InChI=1S/C38H32N6O6/c1-24-10-16-27(17-11-24)38(49-36(47)20-14-25-12-18-34(45)32(22-25)43-39-28-6-2-3-7-29(28)40-43)50-37(48)21-15-26-13-19-35(46)33(23-26)44-41-30-8-4-5-9-31(30)42-44/h2-13,16-19,22-23,38,45-46H,14-15,20-21H2,1H3. The fourth-order valence-electron chi connectivity index (χ4n) is 5.44. The van der Waals surface area contributed by atoms with Crippen LogP contribution in [0.3, 0.4) is 0 Å². The molecule has 250 valence electrons. The number of nitrogens with zero attached hydrogens (tertiary/aromatic N) is 6. The van der Waals surface area contributed by atoms with Crippen molar-refractivity contribution in [2.75, 3.05) is 0 Å². The van der Waals surface area contributed by atoms with Crippen molar-refractivity contribution >= 4 is 34.0 Å². The Morgan fingerprint density at radius 3 is 1.40 bits per heavy atom. The molecular formula is C38H32N6O6. The van der Waals surface area contributed by atoms with Crippen LogP contribution in [0.2, 0.25) is 0 Å². The molecule has 0 bridgehead atoms. The van der Waals surface area contributed by atoms with Crippen LogP contribution in [0.5, 0.6) is 11.5 Å². The van der Waals surface area contributed by atoms with Crippen LogP contribution in [0.4, 0.5) is 0 Å². The number of hydrogen-bond donors (Lipinski definition) is 2. The quantitative estimate of drug-likeness (QED) is 0.120. The summed E-state index contributed by atoms with van der Waals surface area (Å²) in [5.74, 6) is -1.14. The van der Waals surface area contributed by atoms with Gasteiger partial charge in [0, 0.05) is 18.4 Å². The molecule has 0 saturated carbocycles. The largest absolute Gasteiger partial charge is 0.506 e. The zero-order valence-electron chi connectivity index (χ0n) is 27.0. The Labute approximate surface area is 286 Å². The fourth-order valence-corrected chi connectivity index (χ4v) is 5.44. The molecule has 0 aliphatic rings. The number of phenols is 2. The third kappa shape index (κ3) is 7.14. The van der Waals surface area contributed by atoms with E-state index in [1.54, 1.807) is 36.4 Å². The Balaban J connectivity index is 1.00. The Morgan fingerprint density at radius 2 is 1.00 bits per heavy atom. The molecule has 2 heterocycles. The lowest BCUT2D eigenvalue weighted by atomic mass is 10.1. The maximum atomic E-state index is 13.1. The highest BCUT2D eigenvalue weighted by Gasteiger charge is 2.22. The van der Waals surface area contributed by atoms with Crippen molar-refractivity contribution in [1.29, 1.82) is 0 Å². The number of ether oxygens (including phenoxy) is 2. The maximum Gasteiger partial charge on any atom is 0.309 e. The Kier molecular flexibility index (Phi) is 8.89. The van der Waals surface area contributed by atoms with Crippen molar-refractivity contribution < 1.29 is 29.3 Å². The van der Waals surface area contributed by atoms with Gasteiger partial charge >= 0.3 is 11.9 Å². The van der Waals surface area contributed by atoms with Crippen LogP contribution in [-0.4, -0.2) is 52.1 Å². The summed E-state index contributed by atoms with van der Waals surface area (Å²) in [5.41, 5.74) is 6.54. The van der Waals surface area contributed by atoms with Crippen molar-refractivity contribution in [3.05, 3.63) is 131 Å². The number of aromatic nitrogens is 6. The molecule has 7 aromatic rings. The molecule has 2 N–H and O–H groups in total. The lowest BCUT2D eigenvalue weighted by Gasteiger charge is -2.19. The van der Waals surface area contributed by atoms with Gasteiger partial charge in [0.2, 0.25) is 0 Å². The van der Waals surface area contributed by atoms with Crippen LogP contribution < -0.4 is 0 Å². The maximum absolute atomic E-state index is 13.1. The average Bonchev–Trinajstić information content (AvgIpc) is 3.76. The normalized spacial score (nSPS) is 11.3. The number of fused-ring (bicyclic) bond motifs is 2. The number of hydrogen-bond acceptors (Lipinski definition) is 10. The summed E-state index contributed by atoms with van der Waals surface area (Å²) in [4.78, 5) is 28.9. The second kappa shape index (κ2) is 13.9.